The van der Waals surface area contributed by atoms with Gasteiger partial charge in [0.25, 0.3) is 5.91 Å². The summed E-state index contributed by atoms with van der Waals surface area (Å²) in [5.74, 6) is -0.333. The van der Waals surface area contributed by atoms with Gasteiger partial charge in [0.2, 0.25) is 0 Å². The van der Waals surface area contributed by atoms with Gasteiger partial charge in [0.05, 0.1) is 22.7 Å². The van der Waals surface area contributed by atoms with Crippen LogP contribution < -0.4 is 0 Å². The van der Waals surface area contributed by atoms with Crippen molar-refractivity contribution in [3.63, 3.8) is 0 Å². The van der Waals surface area contributed by atoms with Gasteiger partial charge in [0.15, 0.2) is 0 Å². The number of benzene rings is 1. The zero-order chi connectivity index (χ0) is 11.6. The number of hydroxylamine groups is 2. The Kier molecular flexibility index (Phi) is 4.40. The molecule has 0 aliphatic heterocycles. The molecule has 82 valence electrons. The number of rotatable bonds is 2. The molecule has 0 spiro atoms. The first-order chi connectivity index (χ1) is 6.97. The van der Waals surface area contributed by atoms with E-state index in [1.165, 1.54) is 20.2 Å². The van der Waals surface area contributed by atoms with Crippen LogP contribution in [0.25, 0.3) is 0 Å². The van der Waals surface area contributed by atoms with Crippen LogP contribution in [-0.4, -0.2) is 25.1 Å². The summed E-state index contributed by atoms with van der Waals surface area (Å²) >= 11 is 14.9. The maximum Gasteiger partial charge on any atom is 0.278 e. The van der Waals surface area contributed by atoms with E-state index in [2.05, 4.69) is 15.9 Å². The standard InChI is InChI=1S/C9H8BrCl2NO2/c1-13(15-2)9(14)5-3-6(10)8(12)4-7(5)11/h3-4H,1-2H3. The van der Waals surface area contributed by atoms with Crippen LogP contribution in [0.3, 0.4) is 0 Å². The maximum absolute atomic E-state index is 11.7. The quantitative estimate of drug-likeness (QED) is 0.619. The molecule has 0 atom stereocenters. The van der Waals surface area contributed by atoms with Crippen molar-refractivity contribution in [2.75, 3.05) is 14.2 Å². The minimum atomic E-state index is -0.333. The number of hydrogen-bond donors (Lipinski definition) is 0. The molecule has 0 N–H and O–H groups in total. The monoisotopic (exact) mass is 311 g/mol. The predicted octanol–water partition coefficient (Wildman–Crippen LogP) is 3.39. The Morgan fingerprint density at radius 1 is 1.40 bits per heavy atom. The zero-order valence-corrected chi connectivity index (χ0v) is 11.2. The predicted molar refractivity (Wildman–Crippen MR) is 63.3 cm³/mol. The normalized spacial score (nSPS) is 10.2. The molecule has 3 nitrogen and oxygen atoms in total. The SMILES string of the molecule is CON(C)C(=O)c1cc(Br)c(Cl)cc1Cl. The molecule has 15 heavy (non-hydrogen) atoms. The van der Waals surface area contributed by atoms with Gasteiger partial charge in [0.1, 0.15) is 0 Å². The summed E-state index contributed by atoms with van der Waals surface area (Å²) in [4.78, 5) is 16.5. The molecule has 0 unspecified atom stereocenters. The Morgan fingerprint density at radius 3 is 2.53 bits per heavy atom. The van der Waals surface area contributed by atoms with Crippen LogP contribution >= 0.6 is 39.1 Å². The van der Waals surface area contributed by atoms with Crippen molar-refractivity contribution in [3.8, 4) is 0 Å². The van der Waals surface area contributed by atoms with Gasteiger partial charge in [-0.1, -0.05) is 23.2 Å². The van der Waals surface area contributed by atoms with Crippen molar-refractivity contribution in [2.45, 2.75) is 0 Å². The van der Waals surface area contributed by atoms with Crippen LogP contribution in [0.2, 0.25) is 10.0 Å². The molecule has 1 aromatic carbocycles. The molecule has 0 radical (unpaired) electrons. The summed E-state index contributed by atoms with van der Waals surface area (Å²) in [7, 11) is 2.90. The number of hydrogen-bond acceptors (Lipinski definition) is 2. The van der Waals surface area contributed by atoms with E-state index in [1.54, 1.807) is 6.07 Å². The highest BCUT2D eigenvalue weighted by Crippen LogP contribution is 2.29. The van der Waals surface area contributed by atoms with Crippen LogP contribution in [0.5, 0.6) is 0 Å². The first-order valence-electron chi connectivity index (χ1n) is 3.94. The van der Waals surface area contributed by atoms with Crippen LogP contribution in [0.1, 0.15) is 10.4 Å². The Morgan fingerprint density at radius 2 is 2.00 bits per heavy atom. The number of nitrogens with zero attached hydrogens (tertiary/aromatic N) is 1. The Labute approximate surface area is 106 Å². The molecule has 0 heterocycles. The molecule has 0 aliphatic rings. The zero-order valence-electron chi connectivity index (χ0n) is 8.05. The first kappa shape index (κ1) is 12.8. The summed E-state index contributed by atoms with van der Waals surface area (Å²) in [6, 6.07) is 3.06. The van der Waals surface area contributed by atoms with E-state index < -0.39 is 0 Å². The number of amides is 1. The third-order valence-corrected chi connectivity index (χ3v) is 3.31. The second-order valence-electron chi connectivity index (χ2n) is 2.73. The fraction of sp³-hybridized carbons (Fsp3) is 0.222. The Hall–Kier alpha value is -0.290. The van der Waals surface area contributed by atoms with E-state index in [1.807, 2.05) is 0 Å². The molecule has 0 aromatic heterocycles. The van der Waals surface area contributed by atoms with Crippen molar-refractivity contribution < 1.29 is 9.63 Å². The van der Waals surface area contributed by atoms with E-state index in [9.17, 15) is 4.79 Å². The Bertz CT molecular complexity index is 398. The average molecular weight is 313 g/mol. The van der Waals surface area contributed by atoms with Gasteiger partial charge < -0.3 is 0 Å². The molecule has 0 saturated carbocycles. The van der Waals surface area contributed by atoms with Crippen LogP contribution in [-0.2, 0) is 4.84 Å². The van der Waals surface area contributed by atoms with Gasteiger partial charge in [-0.25, -0.2) is 5.06 Å². The summed E-state index contributed by atoms with van der Waals surface area (Å²) in [5, 5.41) is 1.83. The molecule has 1 rings (SSSR count). The summed E-state index contributed by atoms with van der Waals surface area (Å²) < 4.78 is 0.612. The van der Waals surface area contributed by atoms with Crippen LogP contribution in [0.4, 0.5) is 0 Å². The lowest BCUT2D eigenvalue weighted by atomic mass is 10.2. The second kappa shape index (κ2) is 5.16. The lowest BCUT2D eigenvalue weighted by Gasteiger charge is -2.14. The molecule has 0 fully saturated rings. The molecular weight excluding hydrogens is 305 g/mol. The average Bonchev–Trinajstić information content (AvgIpc) is 2.21. The van der Waals surface area contributed by atoms with E-state index in [0.717, 1.165) is 5.06 Å². The highest BCUT2D eigenvalue weighted by molar-refractivity contribution is 9.10. The summed E-state index contributed by atoms with van der Waals surface area (Å²) in [6.07, 6.45) is 0. The highest BCUT2D eigenvalue weighted by atomic mass is 79.9. The second-order valence-corrected chi connectivity index (χ2v) is 4.40. The topological polar surface area (TPSA) is 29.5 Å². The van der Waals surface area contributed by atoms with Crippen molar-refractivity contribution in [3.05, 3.63) is 32.2 Å². The van der Waals surface area contributed by atoms with Gasteiger partial charge in [-0.3, -0.25) is 9.63 Å². The molecule has 0 bridgehead atoms. The van der Waals surface area contributed by atoms with Gasteiger partial charge in [0, 0.05) is 11.5 Å². The lowest BCUT2D eigenvalue weighted by Crippen LogP contribution is -2.25. The maximum atomic E-state index is 11.7. The third-order valence-electron chi connectivity index (χ3n) is 1.80. The molecule has 0 saturated heterocycles. The van der Waals surface area contributed by atoms with Crippen molar-refractivity contribution in [1.29, 1.82) is 0 Å². The van der Waals surface area contributed by atoms with E-state index >= 15 is 0 Å². The smallest absolute Gasteiger partial charge is 0.274 e. The minimum Gasteiger partial charge on any atom is -0.274 e. The fourth-order valence-corrected chi connectivity index (χ4v) is 1.75. The molecule has 6 heteroatoms. The fourth-order valence-electron chi connectivity index (χ4n) is 0.939. The molecule has 0 aliphatic carbocycles. The van der Waals surface area contributed by atoms with Crippen molar-refractivity contribution >= 4 is 45.0 Å². The number of carbonyl (C=O) groups excluding carboxylic acids is 1. The van der Waals surface area contributed by atoms with Gasteiger partial charge in [-0.2, -0.15) is 0 Å². The van der Waals surface area contributed by atoms with Gasteiger partial charge in [-0.05, 0) is 28.1 Å². The lowest BCUT2D eigenvalue weighted by molar-refractivity contribution is -0.0756. The van der Waals surface area contributed by atoms with Crippen LogP contribution in [0, 0.1) is 0 Å². The van der Waals surface area contributed by atoms with Gasteiger partial charge >= 0.3 is 0 Å². The number of halogens is 3. The first-order valence-corrected chi connectivity index (χ1v) is 5.49. The van der Waals surface area contributed by atoms with E-state index in [4.69, 9.17) is 28.0 Å². The molecule has 1 aromatic rings. The number of carbonyl (C=O) groups is 1. The Balaban J connectivity index is 3.15. The molecular formula is C9H8BrCl2NO2. The molecule has 1 amide bonds. The minimum absolute atomic E-state index is 0.289. The summed E-state index contributed by atoms with van der Waals surface area (Å²) in [5.41, 5.74) is 0.331. The van der Waals surface area contributed by atoms with Crippen LogP contribution in [0.15, 0.2) is 16.6 Å². The van der Waals surface area contributed by atoms with Crippen molar-refractivity contribution in [2.24, 2.45) is 0 Å². The third kappa shape index (κ3) is 2.84. The van der Waals surface area contributed by atoms with Gasteiger partial charge in [-0.15, -0.1) is 0 Å². The van der Waals surface area contributed by atoms with Crippen molar-refractivity contribution in [1.82, 2.24) is 5.06 Å². The highest BCUT2D eigenvalue weighted by Gasteiger charge is 2.16. The summed E-state index contributed by atoms with van der Waals surface area (Å²) in [6.45, 7) is 0. The van der Waals surface area contributed by atoms with E-state index in [-0.39, 0.29) is 10.9 Å². The largest absolute Gasteiger partial charge is 0.278 e. The van der Waals surface area contributed by atoms with E-state index in [0.29, 0.717) is 15.1 Å².